The van der Waals surface area contributed by atoms with E-state index in [9.17, 15) is 20.4 Å². The normalized spacial score (nSPS) is 9.83. The minimum Gasteiger partial charge on any atom is -0.508 e. The van der Waals surface area contributed by atoms with Crippen LogP contribution in [0.2, 0.25) is 0 Å². The van der Waals surface area contributed by atoms with E-state index >= 15 is 0 Å². The van der Waals surface area contributed by atoms with E-state index in [1.165, 1.54) is 12.1 Å². The molecule has 114 valence electrons. The first-order valence-corrected chi connectivity index (χ1v) is 7.30. The summed E-state index contributed by atoms with van der Waals surface area (Å²) in [5, 5.41) is 28.4. The van der Waals surface area contributed by atoms with E-state index in [-0.39, 0.29) is 33.5 Å². The van der Waals surface area contributed by atoms with Gasteiger partial charge in [0, 0.05) is 5.56 Å². The zero-order valence-electron chi connectivity index (χ0n) is 11.8. The summed E-state index contributed by atoms with van der Waals surface area (Å²) in [6.45, 7) is 0. The van der Waals surface area contributed by atoms with Crippen LogP contribution in [0.25, 0.3) is 11.1 Å². The zero-order valence-corrected chi connectivity index (χ0v) is 12.6. The molecule has 0 saturated carbocycles. The van der Waals surface area contributed by atoms with Crippen molar-refractivity contribution in [2.24, 2.45) is 5.73 Å². The van der Waals surface area contributed by atoms with Crippen LogP contribution < -0.4 is 11.5 Å². The molecular formula is C15H11N5O2S. The standard InChI is InChI=1S/C15H11N5O2S/c16-5-10-13(8-1-3-9(21)4-2-8)11(6-17)15(20-14(10)19)23-7-12(18)22/h1-4,21H,7H2,(H2,18,22)(H2,19,20). The van der Waals surface area contributed by atoms with Gasteiger partial charge in [-0.1, -0.05) is 23.9 Å². The number of nitrogens with zero attached hydrogens (tertiary/aromatic N) is 3. The van der Waals surface area contributed by atoms with Crippen LogP contribution in [-0.4, -0.2) is 21.8 Å². The lowest BCUT2D eigenvalue weighted by atomic mass is 9.97. The maximum absolute atomic E-state index is 11.0. The number of nitrogens with two attached hydrogens (primary N) is 2. The molecule has 5 N–H and O–H groups in total. The van der Waals surface area contributed by atoms with Crippen molar-refractivity contribution in [3.05, 3.63) is 35.4 Å². The van der Waals surface area contributed by atoms with Crippen LogP contribution in [0, 0.1) is 22.7 Å². The van der Waals surface area contributed by atoms with Gasteiger partial charge in [0.05, 0.1) is 11.3 Å². The molecule has 2 rings (SSSR count). The Morgan fingerprint density at radius 2 is 1.83 bits per heavy atom. The largest absolute Gasteiger partial charge is 0.508 e. The van der Waals surface area contributed by atoms with Crippen molar-refractivity contribution in [1.82, 2.24) is 4.98 Å². The first kappa shape index (κ1) is 16.1. The lowest BCUT2D eigenvalue weighted by Gasteiger charge is -2.12. The number of phenols is 1. The second kappa shape index (κ2) is 6.69. The molecule has 1 aromatic carbocycles. The second-order valence-corrected chi connectivity index (χ2v) is 5.42. The van der Waals surface area contributed by atoms with Gasteiger partial charge in [-0.3, -0.25) is 4.79 Å². The molecule has 0 atom stereocenters. The number of nitrogen functional groups attached to an aromatic ring is 1. The Morgan fingerprint density at radius 1 is 1.22 bits per heavy atom. The first-order chi connectivity index (χ1) is 11.0. The highest BCUT2D eigenvalue weighted by Crippen LogP contribution is 2.35. The van der Waals surface area contributed by atoms with Gasteiger partial charge in [-0.15, -0.1) is 0 Å². The number of phenolic OH excluding ortho intramolecular Hbond substituents is 1. The number of carbonyl (C=O) groups is 1. The van der Waals surface area contributed by atoms with E-state index in [0.717, 1.165) is 11.8 Å². The first-order valence-electron chi connectivity index (χ1n) is 6.32. The van der Waals surface area contributed by atoms with Gasteiger partial charge in [0.15, 0.2) is 0 Å². The quantitative estimate of drug-likeness (QED) is 0.718. The molecule has 2 aromatic rings. The number of aromatic hydroxyl groups is 1. The van der Waals surface area contributed by atoms with Crippen LogP contribution in [0.1, 0.15) is 11.1 Å². The van der Waals surface area contributed by atoms with Gasteiger partial charge >= 0.3 is 0 Å². The van der Waals surface area contributed by atoms with E-state index in [4.69, 9.17) is 11.5 Å². The molecular weight excluding hydrogens is 314 g/mol. The van der Waals surface area contributed by atoms with E-state index in [2.05, 4.69) is 4.98 Å². The number of pyridine rings is 1. The molecule has 7 nitrogen and oxygen atoms in total. The summed E-state index contributed by atoms with van der Waals surface area (Å²) < 4.78 is 0. The third-order valence-electron chi connectivity index (χ3n) is 2.92. The second-order valence-electron chi connectivity index (χ2n) is 4.45. The van der Waals surface area contributed by atoms with Crippen molar-refractivity contribution >= 4 is 23.5 Å². The van der Waals surface area contributed by atoms with Gasteiger partial charge in [-0.05, 0) is 17.7 Å². The molecule has 0 unspecified atom stereocenters. The number of carbonyl (C=O) groups excluding carboxylic acids is 1. The third-order valence-corrected chi connectivity index (χ3v) is 3.92. The number of primary amides is 1. The number of benzene rings is 1. The number of nitriles is 2. The predicted octanol–water partition coefficient (Wildman–Crippen LogP) is 1.36. The number of rotatable bonds is 4. The zero-order chi connectivity index (χ0) is 17.0. The average Bonchev–Trinajstić information content (AvgIpc) is 2.53. The number of aromatic nitrogens is 1. The topological polar surface area (TPSA) is 150 Å². The fourth-order valence-corrected chi connectivity index (χ4v) is 2.69. The molecule has 1 amide bonds. The molecule has 0 fully saturated rings. The maximum atomic E-state index is 11.0. The van der Waals surface area contributed by atoms with E-state index < -0.39 is 5.91 Å². The van der Waals surface area contributed by atoms with Crippen LogP contribution in [0.4, 0.5) is 5.82 Å². The van der Waals surface area contributed by atoms with Crippen molar-refractivity contribution in [1.29, 1.82) is 10.5 Å². The molecule has 1 aromatic heterocycles. The molecule has 1 heterocycles. The van der Waals surface area contributed by atoms with Crippen LogP contribution >= 0.6 is 11.8 Å². The summed E-state index contributed by atoms with van der Waals surface area (Å²) in [5.41, 5.74) is 12.0. The fourth-order valence-electron chi connectivity index (χ4n) is 1.96. The van der Waals surface area contributed by atoms with Crippen LogP contribution in [0.15, 0.2) is 29.3 Å². The van der Waals surface area contributed by atoms with Crippen LogP contribution in [-0.2, 0) is 4.79 Å². The van der Waals surface area contributed by atoms with Crippen LogP contribution in [0.5, 0.6) is 5.75 Å². The Labute approximate surface area is 136 Å². The summed E-state index contributed by atoms with van der Waals surface area (Å²) in [6.07, 6.45) is 0. The van der Waals surface area contributed by atoms with E-state index in [1.54, 1.807) is 12.1 Å². The SMILES string of the molecule is N#Cc1c(N)nc(SCC(N)=O)c(C#N)c1-c1ccc(O)cc1. The average molecular weight is 325 g/mol. The Balaban J connectivity index is 2.71. The molecule has 0 radical (unpaired) electrons. The molecule has 23 heavy (non-hydrogen) atoms. The van der Waals surface area contributed by atoms with Crippen molar-refractivity contribution in [3.63, 3.8) is 0 Å². The monoisotopic (exact) mass is 325 g/mol. The van der Waals surface area contributed by atoms with E-state index in [0.29, 0.717) is 11.1 Å². The predicted molar refractivity (Wildman–Crippen MR) is 85.1 cm³/mol. The summed E-state index contributed by atoms with van der Waals surface area (Å²) in [6, 6.07) is 9.94. The van der Waals surface area contributed by atoms with Crippen molar-refractivity contribution < 1.29 is 9.90 Å². The number of thioether (sulfide) groups is 1. The van der Waals surface area contributed by atoms with Crippen molar-refractivity contribution in [3.8, 4) is 29.0 Å². The molecule has 0 bridgehead atoms. The summed E-state index contributed by atoms with van der Waals surface area (Å²) in [5.74, 6) is -0.616. The number of hydrogen-bond acceptors (Lipinski definition) is 7. The minimum absolute atomic E-state index is 0.0402. The summed E-state index contributed by atoms with van der Waals surface area (Å²) in [4.78, 5) is 15.0. The van der Waals surface area contributed by atoms with Gasteiger partial charge in [-0.2, -0.15) is 10.5 Å². The van der Waals surface area contributed by atoms with Gasteiger partial charge in [0.25, 0.3) is 0 Å². The molecule has 0 aliphatic heterocycles. The highest BCUT2D eigenvalue weighted by Gasteiger charge is 2.20. The van der Waals surface area contributed by atoms with Crippen LogP contribution in [0.3, 0.4) is 0 Å². The molecule has 0 saturated heterocycles. The van der Waals surface area contributed by atoms with E-state index in [1.807, 2.05) is 12.1 Å². The summed E-state index contributed by atoms with van der Waals surface area (Å²) >= 11 is 0.978. The fraction of sp³-hybridized carbons (Fsp3) is 0.0667. The Hall–Kier alpha value is -3.23. The third kappa shape index (κ3) is 3.34. The smallest absolute Gasteiger partial charge is 0.227 e. The highest BCUT2D eigenvalue weighted by atomic mass is 32.2. The maximum Gasteiger partial charge on any atom is 0.227 e. The Kier molecular flexibility index (Phi) is 4.69. The summed E-state index contributed by atoms with van der Waals surface area (Å²) in [7, 11) is 0. The minimum atomic E-state index is -0.560. The Morgan fingerprint density at radius 3 is 2.35 bits per heavy atom. The van der Waals surface area contributed by atoms with Gasteiger partial charge in [0.1, 0.15) is 34.3 Å². The molecule has 0 aliphatic carbocycles. The van der Waals surface area contributed by atoms with Gasteiger partial charge in [-0.25, -0.2) is 4.98 Å². The number of amides is 1. The Bertz CT molecular complexity index is 850. The van der Waals surface area contributed by atoms with Crippen molar-refractivity contribution in [2.45, 2.75) is 5.03 Å². The lowest BCUT2D eigenvalue weighted by Crippen LogP contribution is -2.13. The lowest BCUT2D eigenvalue weighted by molar-refractivity contribution is -0.115. The number of anilines is 1. The molecule has 0 spiro atoms. The molecule has 0 aliphatic rings. The van der Waals surface area contributed by atoms with Gasteiger partial charge in [0.2, 0.25) is 5.91 Å². The highest BCUT2D eigenvalue weighted by molar-refractivity contribution is 8.00. The van der Waals surface area contributed by atoms with Gasteiger partial charge < -0.3 is 16.6 Å². The number of hydrogen-bond donors (Lipinski definition) is 3. The van der Waals surface area contributed by atoms with Crippen molar-refractivity contribution in [2.75, 3.05) is 11.5 Å². The molecule has 8 heteroatoms.